The minimum Gasteiger partial charge on any atom is 0 e. The van der Waals surface area contributed by atoms with E-state index in [-0.39, 0.29) is 64.8 Å². The molecule has 30 heavy (non-hydrogen) atoms. The second-order valence-corrected chi connectivity index (χ2v) is 6.55. The molecule has 18 heteroatoms. The van der Waals surface area contributed by atoms with Crippen molar-refractivity contribution in [3.63, 3.8) is 0 Å². The number of fused-ring (bicyclic) bond motifs is 2. The first-order valence-corrected chi connectivity index (χ1v) is 10.1. The molecule has 0 amide bonds. The minimum atomic E-state index is -1.23. The van der Waals surface area contributed by atoms with E-state index in [4.69, 9.17) is 41.9 Å². The van der Waals surface area contributed by atoms with Gasteiger partial charge in [-0.25, -0.2) is 39.5 Å². The van der Waals surface area contributed by atoms with Crippen molar-refractivity contribution in [3.8, 4) is 0 Å². The molecule has 8 N–H and O–H groups in total. The molecule has 4 aromatic heterocycles. The number of H-pyrrole nitrogens is 2. The summed E-state index contributed by atoms with van der Waals surface area (Å²) in [5.41, 5.74) is 12.3. The van der Waals surface area contributed by atoms with Gasteiger partial charge in [0.25, 0.3) is 0 Å². The molecular formula is C12H10Cl2Fe2N10O4. The van der Waals surface area contributed by atoms with E-state index in [0.717, 1.165) is 0 Å². The molecule has 14 nitrogen and oxygen atoms in total. The first-order valence-electron chi connectivity index (χ1n) is 7.03. The van der Waals surface area contributed by atoms with Gasteiger partial charge < -0.3 is 31.6 Å². The molecule has 0 saturated carbocycles. The van der Waals surface area contributed by atoms with Gasteiger partial charge in [-0.2, -0.15) is 0 Å². The van der Waals surface area contributed by atoms with Gasteiger partial charge in [0.15, 0.2) is 22.9 Å². The summed E-state index contributed by atoms with van der Waals surface area (Å²) in [6.07, 6.45) is 2.75. The summed E-state index contributed by atoms with van der Waals surface area (Å²) in [6.45, 7) is 0. The second-order valence-electron chi connectivity index (χ2n) is 4.73. The zero-order valence-corrected chi connectivity index (χ0v) is 17.9. The Morgan fingerprint density at radius 1 is 0.833 bits per heavy atom. The van der Waals surface area contributed by atoms with Crippen LogP contribution in [0.5, 0.6) is 0 Å². The fourth-order valence-corrected chi connectivity index (χ4v) is 1.90. The molecule has 0 fully saturated rings. The van der Waals surface area contributed by atoms with Crippen molar-refractivity contribution < 1.29 is 50.0 Å². The van der Waals surface area contributed by atoms with Gasteiger partial charge in [0.05, 0.1) is 12.7 Å². The van der Waals surface area contributed by atoms with Crippen molar-refractivity contribution >= 4 is 66.1 Å². The van der Waals surface area contributed by atoms with E-state index in [1.165, 1.54) is 12.7 Å². The van der Waals surface area contributed by atoms with Crippen molar-refractivity contribution in [2.45, 2.75) is 0 Å². The van der Waals surface area contributed by atoms with Crippen LogP contribution in [-0.4, -0.2) is 62.0 Å². The third-order valence-corrected chi connectivity index (χ3v) is 3.01. The predicted octanol–water partition coefficient (Wildman–Crippen LogP) is 0.641. The van der Waals surface area contributed by atoms with Gasteiger partial charge >= 0.3 is 45.3 Å². The SMILES string of the molecule is Nc1nc(C(=O)O)nc2nc[nH]c12.Nc1nc(C(=O)O)nc2nc[nH]c12.[Cl][Fe][Cl].[Fe]. The smallest absolute Gasteiger partial charge is 0 e. The number of aromatic amines is 2. The van der Waals surface area contributed by atoms with Crippen molar-refractivity contribution in [3.05, 3.63) is 24.3 Å². The molecule has 0 unspecified atom stereocenters. The van der Waals surface area contributed by atoms with Crippen molar-refractivity contribution in [1.82, 2.24) is 39.9 Å². The molecule has 0 atom stereocenters. The van der Waals surface area contributed by atoms with E-state index >= 15 is 0 Å². The Bertz CT molecular complexity index is 1080. The molecule has 0 aromatic carbocycles. The summed E-state index contributed by atoms with van der Waals surface area (Å²) < 4.78 is 0. The van der Waals surface area contributed by atoms with Gasteiger partial charge in [-0.05, 0) is 0 Å². The van der Waals surface area contributed by atoms with Gasteiger partial charge in [0.1, 0.15) is 11.0 Å². The van der Waals surface area contributed by atoms with Crippen LogP contribution in [0.2, 0.25) is 0 Å². The first-order chi connectivity index (χ1) is 13.8. The Morgan fingerprint density at radius 3 is 1.47 bits per heavy atom. The number of halogens is 2. The zero-order valence-electron chi connectivity index (χ0n) is 14.2. The van der Waals surface area contributed by atoms with E-state index in [1.807, 2.05) is 0 Å². The number of hydrogen-bond donors (Lipinski definition) is 6. The molecule has 4 aromatic rings. The Hall–Kier alpha value is -2.74. The Kier molecular flexibility index (Phi) is 9.65. The number of hydrogen-bond acceptors (Lipinski definition) is 10. The number of nitrogens with zero attached hydrogens (tertiary/aromatic N) is 6. The van der Waals surface area contributed by atoms with Crippen LogP contribution in [0.1, 0.15) is 21.2 Å². The number of aromatic nitrogens is 8. The Morgan fingerprint density at radius 2 is 1.17 bits per heavy atom. The maximum Gasteiger partial charge on any atom is 0 e. The molecule has 162 valence electrons. The Labute approximate surface area is 191 Å². The van der Waals surface area contributed by atoms with E-state index in [2.05, 4.69) is 39.9 Å². The number of nitrogen functional groups attached to an aromatic ring is 2. The summed E-state index contributed by atoms with van der Waals surface area (Å²) in [5.74, 6) is -2.98. The summed E-state index contributed by atoms with van der Waals surface area (Å²) in [7, 11) is 9.53. The average molecular weight is 541 g/mol. The van der Waals surface area contributed by atoms with Gasteiger partial charge in [0, 0.05) is 17.1 Å². The normalized spacial score (nSPS) is 9.80. The van der Waals surface area contributed by atoms with Gasteiger partial charge in [-0.15, -0.1) is 0 Å². The molecular weight excluding hydrogens is 531 g/mol. The van der Waals surface area contributed by atoms with Crippen LogP contribution in [-0.2, 0) is 30.2 Å². The molecule has 0 aliphatic heterocycles. The third-order valence-electron chi connectivity index (χ3n) is 3.01. The van der Waals surface area contributed by atoms with Crippen molar-refractivity contribution in [2.75, 3.05) is 11.5 Å². The number of rotatable bonds is 2. The van der Waals surface area contributed by atoms with Crippen LogP contribution in [0, 0.1) is 0 Å². The zero-order chi connectivity index (χ0) is 21.6. The minimum absolute atomic E-state index is 0. The maximum absolute atomic E-state index is 10.5. The van der Waals surface area contributed by atoms with E-state index in [1.54, 1.807) is 0 Å². The number of carboxylic acid groups (broad SMARTS) is 2. The molecule has 0 aliphatic rings. The fourth-order valence-electron chi connectivity index (χ4n) is 1.90. The summed E-state index contributed by atoms with van der Waals surface area (Å²) in [5, 5.41) is 17.2. The molecule has 0 bridgehead atoms. The molecule has 0 spiro atoms. The number of imidazole rings is 2. The van der Waals surface area contributed by atoms with Gasteiger partial charge in [-0.3, -0.25) is 0 Å². The van der Waals surface area contributed by atoms with Crippen molar-refractivity contribution in [1.29, 1.82) is 0 Å². The first kappa shape index (κ1) is 25.3. The molecule has 4 rings (SSSR count). The maximum atomic E-state index is 10.5. The van der Waals surface area contributed by atoms with Gasteiger partial charge in [0.2, 0.25) is 11.6 Å². The van der Waals surface area contributed by atoms with Crippen LogP contribution in [0.3, 0.4) is 0 Å². The monoisotopic (exact) mass is 540 g/mol. The number of nitrogens with one attached hydrogen (secondary N) is 2. The average Bonchev–Trinajstić information content (AvgIpc) is 3.32. The van der Waals surface area contributed by atoms with Crippen LogP contribution < -0.4 is 11.5 Å². The molecule has 0 radical (unpaired) electrons. The number of nitrogens with two attached hydrogens (primary N) is 2. The molecule has 0 aliphatic carbocycles. The quantitative estimate of drug-likeness (QED) is 0.192. The van der Waals surface area contributed by atoms with Crippen LogP contribution in [0.15, 0.2) is 12.7 Å². The standard InChI is InChI=1S/2C6H5N5O2.2ClH.2Fe/c2*7-3-2-4(9-1-8-2)11-5(10-3)6(12)13;;;;/h2*1H,(H,12,13)(H3,7,8,9,10,11);2*1H;;/q;;;;;+2/p-2. The topological polar surface area (TPSA) is 236 Å². The number of anilines is 2. The Balaban J connectivity index is 0.000000258. The number of carbonyl (C=O) groups is 2. The van der Waals surface area contributed by atoms with Crippen LogP contribution in [0.4, 0.5) is 11.6 Å². The molecule has 4 heterocycles. The predicted molar refractivity (Wildman–Crippen MR) is 97.8 cm³/mol. The van der Waals surface area contributed by atoms with E-state index in [9.17, 15) is 9.59 Å². The second kappa shape index (κ2) is 11.4. The largest absolute Gasteiger partial charge is 0 e. The summed E-state index contributed by atoms with van der Waals surface area (Å²) in [6, 6.07) is 0. The van der Waals surface area contributed by atoms with E-state index in [0.29, 0.717) is 11.0 Å². The van der Waals surface area contributed by atoms with E-state index < -0.39 is 11.9 Å². The van der Waals surface area contributed by atoms with Crippen LogP contribution in [0.25, 0.3) is 22.3 Å². The summed E-state index contributed by atoms with van der Waals surface area (Å²) in [4.78, 5) is 48.4. The number of carboxylic acids is 2. The van der Waals surface area contributed by atoms with Crippen molar-refractivity contribution in [2.24, 2.45) is 0 Å². The van der Waals surface area contributed by atoms with Gasteiger partial charge in [-0.1, -0.05) is 0 Å². The third kappa shape index (κ3) is 6.13. The van der Waals surface area contributed by atoms with Crippen LogP contribution >= 0.6 is 20.2 Å². The summed E-state index contributed by atoms with van der Waals surface area (Å²) >= 11 is 0.194. The molecule has 0 saturated heterocycles. The fraction of sp³-hybridized carbons (Fsp3) is 0. The number of aromatic carboxylic acids is 2.